The first kappa shape index (κ1) is 12.5. The van der Waals surface area contributed by atoms with Crippen molar-refractivity contribution in [1.82, 2.24) is 0 Å². The van der Waals surface area contributed by atoms with Gasteiger partial charge in [0.1, 0.15) is 5.82 Å². The van der Waals surface area contributed by atoms with Gasteiger partial charge in [-0.05, 0) is 49.9 Å². The first-order valence-electron chi connectivity index (χ1n) is 6.12. The van der Waals surface area contributed by atoms with E-state index in [-0.39, 0.29) is 17.8 Å². The second-order valence-electron chi connectivity index (χ2n) is 4.87. The summed E-state index contributed by atoms with van der Waals surface area (Å²) < 4.78 is 18.4. The SMILES string of the molecule is Cc1cc(F)ccc1CC(O)C1CCOC1C. The van der Waals surface area contributed by atoms with Gasteiger partial charge < -0.3 is 9.84 Å². The molecule has 3 heteroatoms. The molecule has 0 radical (unpaired) electrons. The number of rotatable bonds is 3. The van der Waals surface area contributed by atoms with E-state index in [4.69, 9.17) is 4.74 Å². The van der Waals surface area contributed by atoms with Crippen molar-refractivity contribution in [3.63, 3.8) is 0 Å². The van der Waals surface area contributed by atoms with Gasteiger partial charge in [-0.2, -0.15) is 0 Å². The highest BCUT2D eigenvalue weighted by atomic mass is 19.1. The van der Waals surface area contributed by atoms with E-state index in [1.807, 2.05) is 13.8 Å². The molecule has 1 aliphatic rings. The molecule has 0 spiro atoms. The van der Waals surface area contributed by atoms with Gasteiger partial charge in [-0.25, -0.2) is 4.39 Å². The first-order valence-corrected chi connectivity index (χ1v) is 6.12. The summed E-state index contributed by atoms with van der Waals surface area (Å²) in [7, 11) is 0. The number of halogens is 1. The molecule has 94 valence electrons. The standard InChI is InChI=1S/C14H19FO2/c1-9-7-12(15)4-3-11(9)8-14(16)13-5-6-17-10(13)2/h3-4,7,10,13-14,16H,5-6,8H2,1-2H3. The maximum Gasteiger partial charge on any atom is 0.123 e. The lowest BCUT2D eigenvalue weighted by molar-refractivity contribution is 0.0440. The zero-order valence-corrected chi connectivity index (χ0v) is 10.3. The van der Waals surface area contributed by atoms with Gasteiger partial charge in [0.2, 0.25) is 0 Å². The van der Waals surface area contributed by atoms with Gasteiger partial charge in [-0.3, -0.25) is 0 Å². The quantitative estimate of drug-likeness (QED) is 0.876. The van der Waals surface area contributed by atoms with Gasteiger partial charge in [0, 0.05) is 12.5 Å². The average molecular weight is 238 g/mol. The van der Waals surface area contributed by atoms with Crippen molar-refractivity contribution in [1.29, 1.82) is 0 Å². The summed E-state index contributed by atoms with van der Waals surface area (Å²) in [5.41, 5.74) is 1.91. The van der Waals surface area contributed by atoms with Gasteiger partial charge in [0.25, 0.3) is 0 Å². The molecule has 0 saturated carbocycles. The fraction of sp³-hybridized carbons (Fsp3) is 0.571. The highest BCUT2D eigenvalue weighted by molar-refractivity contribution is 5.27. The van der Waals surface area contributed by atoms with Gasteiger partial charge in [-0.1, -0.05) is 6.07 Å². The predicted molar refractivity (Wildman–Crippen MR) is 64.4 cm³/mol. The molecule has 1 aromatic rings. The summed E-state index contributed by atoms with van der Waals surface area (Å²) in [5, 5.41) is 10.2. The van der Waals surface area contributed by atoms with Crippen molar-refractivity contribution in [3.05, 3.63) is 35.1 Å². The van der Waals surface area contributed by atoms with Crippen LogP contribution in [0.15, 0.2) is 18.2 Å². The summed E-state index contributed by atoms with van der Waals surface area (Å²) in [4.78, 5) is 0. The number of aliphatic hydroxyl groups excluding tert-OH is 1. The Kier molecular flexibility index (Phi) is 3.79. The molecule has 1 fully saturated rings. The number of aryl methyl sites for hydroxylation is 1. The monoisotopic (exact) mass is 238 g/mol. The van der Waals surface area contributed by atoms with Crippen molar-refractivity contribution in [2.45, 2.75) is 38.9 Å². The smallest absolute Gasteiger partial charge is 0.123 e. The van der Waals surface area contributed by atoms with Crippen LogP contribution in [0.1, 0.15) is 24.5 Å². The first-order chi connectivity index (χ1) is 8.08. The molecule has 0 aromatic heterocycles. The van der Waals surface area contributed by atoms with E-state index in [1.165, 1.54) is 12.1 Å². The predicted octanol–water partition coefficient (Wildman–Crippen LogP) is 2.46. The van der Waals surface area contributed by atoms with Crippen molar-refractivity contribution < 1.29 is 14.2 Å². The lowest BCUT2D eigenvalue weighted by atomic mass is 9.90. The van der Waals surface area contributed by atoms with Crippen LogP contribution in [0.5, 0.6) is 0 Å². The van der Waals surface area contributed by atoms with Crippen LogP contribution >= 0.6 is 0 Å². The minimum Gasteiger partial charge on any atom is -0.392 e. The van der Waals surface area contributed by atoms with Crippen LogP contribution in [-0.2, 0) is 11.2 Å². The van der Waals surface area contributed by atoms with Crippen molar-refractivity contribution in [2.24, 2.45) is 5.92 Å². The zero-order valence-electron chi connectivity index (χ0n) is 10.3. The third-order valence-corrected chi connectivity index (χ3v) is 3.66. The molecule has 2 nitrogen and oxygen atoms in total. The minimum atomic E-state index is -0.406. The van der Waals surface area contributed by atoms with E-state index in [0.29, 0.717) is 6.42 Å². The Labute approximate surface area is 101 Å². The lowest BCUT2D eigenvalue weighted by Crippen LogP contribution is -2.28. The number of hydrogen-bond acceptors (Lipinski definition) is 2. The molecular formula is C14H19FO2. The highest BCUT2D eigenvalue weighted by Gasteiger charge is 2.30. The molecule has 2 rings (SSSR count). The molecule has 0 amide bonds. The Morgan fingerprint density at radius 2 is 2.29 bits per heavy atom. The number of hydrogen-bond donors (Lipinski definition) is 1. The molecule has 0 aliphatic carbocycles. The van der Waals surface area contributed by atoms with E-state index in [2.05, 4.69) is 0 Å². The zero-order chi connectivity index (χ0) is 12.4. The molecule has 1 aliphatic heterocycles. The molecular weight excluding hydrogens is 219 g/mol. The van der Waals surface area contributed by atoms with E-state index in [9.17, 15) is 9.50 Å². The topological polar surface area (TPSA) is 29.5 Å². The van der Waals surface area contributed by atoms with Crippen LogP contribution in [-0.4, -0.2) is 23.9 Å². The van der Waals surface area contributed by atoms with Gasteiger partial charge in [0.15, 0.2) is 0 Å². The number of ether oxygens (including phenoxy) is 1. The lowest BCUT2D eigenvalue weighted by Gasteiger charge is -2.21. The van der Waals surface area contributed by atoms with E-state index in [0.717, 1.165) is 24.2 Å². The summed E-state index contributed by atoms with van der Waals surface area (Å²) >= 11 is 0. The molecule has 1 heterocycles. The second-order valence-corrected chi connectivity index (χ2v) is 4.87. The third-order valence-electron chi connectivity index (χ3n) is 3.66. The Morgan fingerprint density at radius 1 is 1.53 bits per heavy atom. The molecule has 3 atom stereocenters. The van der Waals surface area contributed by atoms with E-state index < -0.39 is 6.10 Å². The van der Waals surface area contributed by atoms with Crippen LogP contribution < -0.4 is 0 Å². The summed E-state index contributed by atoms with van der Waals surface area (Å²) in [6, 6.07) is 4.72. The third kappa shape index (κ3) is 2.85. The normalized spacial score (nSPS) is 26.1. The van der Waals surface area contributed by atoms with Crippen LogP contribution in [0.4, 0.5) is 4.39 Å². The fourth-order valence-electron chi connectivity index (χ4n) is 2.52. The van der Waals surface area contributed by atoms with Crippen LogP contribution in [0.2, 0.25) is 0 Å². The Bertz CT molecular complexity index is 392. The summed E-state index contributed by atoms with van der Waals surface area (Å²) in [5.74, 6) is -0.0299. The molecule has 1 N–H and O–H groups in total. The Morgan fingerprint density at radius 3 is 2.88 bits per heavy atom. The minimum absolute atomic E-state index is 0.116. The van der Waals surface area contributed by atoms with Crippen molar-refractivity contribution in [3.8, 4) is 0 Å². The average Bonchev–Trinajstić information content (AvgIpc) is 2.68. The van der Waals surface area contributed by atoms with Gasteiger partial charge >= 0.3 is 0 Å². The number of aliphatic hydroxyl groups is 1. The Hall–Kier alpha value is -0.930. The summed E-state index contributed by atoms with van der Waals surface area (Å²) in [6.07, 6.45) is 1.19. The van der Waals surface area contributed by atoms with E-state index in [1.54, 1.807) is 6.07 Å². The summed E-state index contributed by atoms with van der Waals surface area (Å²) in [6.45, 7) is 4.60. The van der Waals surface area contributed by atoms with Gasteiger partial charge in [-0.15, -0.1) is 0 Å². The largest absolute Gasteiger partial charge is 0.392 e. The van der Waals surface area contributed by atoms with Crippen LogP contribution in [0.25, 0.3) is 0 Å². The second kappa shape index (κ2) is 5.15. The molecule has 0 bridgehead atoms. The van der Waals surface area contributed by atoms with Crippen molar-refractivity contribution in [2.75, 3.05) is 6.61 Å². The highest BCUT2D eigenvalue weighted by Crippen LogP contribution is 2.26. The molecule has 3 unspecified atom stereocenters. The van der Waals surface area contributed by atoms with E-state index >= 15 is 0 Å². The Balaban J connectivity index is 2.04. The van der Waals surface area contributed by atoms with Crippen molar-refractivity contribution >= 4 is 0 Å². The maximum absolute atomic E-state index is 13.0. The molecule has 1 saturated heterocycles. The fourth-order valence-corrected chi connectivity index (χ4v) is 2.52. The van der Waals surface area contributed by atoms with Gasteiger partial charge in [0.05, 0.1) is 12.2 Å². The van der Waals surface area contributed by atoms with Crippen LogP contribution in [0.3, 0.4) is 0 Å². The number of benzene rings is 1. The molecule has 17 heavy (non-hydrogen) atoms. The molecule has 1 aromatic carbocycles. The van der Waals surface area contributed by atoms with Crippen LogP contribution in [0, 0.1) is 18.7 Å². The maximum atomic E-state index is 13.0.